The number of halogens is 2. The molecule has 2 nitrogen and oxygen atoms in total. The van der Waals surface area contributed by atoms with Crippen LogP contribution in [0.4, 0.5) is 4.39 Å². The first kappa shape index (κ1) is 14.0. The largest absolute Gasteiger partial charge is 0.457 e. The Kier molecular flexibility index (Phi) is 4.56. The predicted octanol–water partition coefficient (Wildman–Crippen LogP) is 4.79. The highest BCUT2D eigenvalue weighted by Crippen LogP contribution is 2.26. The molecular formula is C15H15BrFNO. The molecule has 0 aromatic heterocycles. The van der Waals surface area contributed by atoms with Crippen LogP contribution >= 0.6 is 15.9 Å². The van der Waals surface area contributed by atoms with Gasteiger partial charge >= 0.3 is 0 Å². The van der Waals surface area contributed by atoms with Crippen LogP contribution < -0.4 is 10.5 Å². The lowest BCUT2D eigenvalue weighted by molar-refractivity contribution is 0.475. The zero-order valence-corrected chi connectivity index (χ0v) is 12.2. The molecule has 2 aromatic rings. The van der Waals surface area contributed by atoms with Crippen LogP contribution in [0.2, 0.25) is 0 Å². The Bertz CT molecular complexity index is 557. The zero-order chi connectivity index (χ0) is 13.8. The van der Waals surface area contributed by atoms with Gasteiger partial charge < -0.3 is 10.5 Å². The molecule has 2 N–H and O–H groups in total. The van der Waals surface area contributed by atoms with E-state index >= 15 is 0 Å². The van der Waals surface area contributed by atoms with E-state index < -0.39 is 0 Å². The SMILES string of the molecule is CC[C@@H](N)c1ccc(Oc2ccc(Br)c(F)c2)cc1. The van der Waals surface area contributed by atoms with Crippen LogP contribution in [0.1, 0.15) is 24.9 Å². The molecule has 0 spiro atoms. The summed E-state index contributed by atoms with van der Waals surface area (Å²) in [6.45, 7) is 2.04. The Morgan fingerprint density at radius 3 is 2.37 bits per heavy atom. The van der Waals surface area contributed by atoms with Crippen molar-refractivity contribution in [2.24, 2.45) is 5.73 Å². The maximum absolute atomic E-state index is 13.4. The third kappa shape index (κ3) is 3.55. The van der Waals surface area contributed by atoms with E-state index in [1.165, 1.54) is 6.07 Å². The van der Waals surface area contributed by atoms with Crippen molar-refractivity contribution in [1.29, 1.82) is 0 Å². The lowest BCUT2D eigenvalue weighted by Gasteiger charge is -2.11. The summed E-state index contributed by atoms with van der Waals surface area (Å²) in [7, 11) is 0. The molecule has 2 rings (SSSR count). The van der Waals surface area contributed by atoms with Gasteiger partial charge in [-0.05, 0) is 52.2 Å². The standard InChI is InChI=1S/C15H15BrFNO/c1-2-15(18)10-3-5-11(6-4-10)19-12-7-8-13(16)14(17)9-12/h3-9,15H,2,18H2,1H3/t15-/m1/s1. The molecule has 1 atom stereocenters. The second-order valence-corrected chi connectivity index (χ2v) is 5.12. The zero-order valence-electron chi connectivity index (χ0n) is 10.6. The fourth-order valence-corrected chi connectivity index (χ4v) is 1.94. The van der Waals surface area contributed by atoms with Gasteiger partial charge in [-0.1, -0.05) is 19.1 Å². The Morgan fingerprint density at radius 2 is 1.79 bits per heavy atom. The van der Waals surface area contributed by atoms with E-state index in [-0.39, 0.29) is 11.9 Å². The van der Waals surface area contributed by atoms with Gasteiger partial charge in [0, 0.05) is 12.1 Å². The second kappa shape index (κ2) is 6.17. The predicted molar refractivity (Wildman–Crippen MR) is 77.8 cm³/mol. The van der Waals surface area contributed by atoms with E-state index in [1.54, 1.807) is 12.1 Å². The Labute approximate surface area is 120 Å². The summed E-state index contributed by atoms with van der Waals surface area (Å²) in [6.07, 6.45) is 0.887. The number of nitrogens with two attached hydrogens (primary N) is 1. The van der Waals surface area contributed by atoms with Crippen LogP contribution in [0.15, 0.2) is 46.9 Å². The maximum Gasteiger partial charge on any atom is 0.141 e. The van der Waals surface area contributed by atoms with E-state index in [2.05, 4.69) is 15.9 Å². The first-order chi connectivity index (χ1) is 9.10. The van der Waals surface area contributed by atoms with Crippen LogP contribution in [-0.2, 0) is 0 Å². The summed E-state index contributed by atoms with van der Waals surface area (Å²) in [5, 5.41) is 0. The van der Waals surface area contributed by atoms with Crippen molar-refractivity contribution < 1.29 is 9.13 Å². The third-order valence-electron chi connectivity index (χ3n) is 2.87. The summed E-state index contributed by atoms with van der Waals surface area (Å²) in [6, 6.07) is 12.2. The Balaban J connectivity index is 2.12. The summed E-state index contributed by atoms with van der Waals surface area (Å²) < 4.78 is 19.4. The van der Waals surface area contributed by atoms with Gasteiger partial charge in [0.2, 0.25) is 0 Å². The van der Waals surface area contributed by atoms with Crippen LogP contribution in [0.3, 0.4) is 0 Å². The average molecular weight is 324 g/mol. The van der Waals surface area contributed by atoms with Crippen LogP contribution in [0.25, 0.3) is 0 Å². The van der Waals surface area contributed by atoms with Crippen LogP contribution in [-0.4, -0.2) is 0 Å². The summed E-state index contributed by atoms with van der Waals surface area (Å²) in [4.78, 5) is 0. The molecule has 100 valence electrons. The fraction of sp³-hybridized carbons (Fsp3) is 0.200. The van der Waals surface area contributed by atoms with Gasteiger partial charge in [-0.25, -0.2) is 4.39 Å². The minimum Gasteiger partial charge on any atom is -0.457 e. The number of hydrogen-bond donors (Lipinski definition) is 1. The maximum atomic E-state index is 13.4. The number of hydrogen-bond acceptors (Lipinski definition) is 2. The highest BCUT2D eigenvalue weighted by atomic mass is 79.9. The highest BCUT2D eigenvalue weighted by Gasteiger charge is 2.05. The van der Waals surface area contributed by atoms with Gasteiger partial charge in [-0.15, -0.1) is 0 Å². The van der Waals surface area contributed by atoms with Gasteiger partial charge in [-0.3, -0.25) is 0 Å². The molecule has 0 fully saturated rings. The molecule has 0 aliphatic heterocycles. The Morgan fingerprint density at radius 1 is 1.16 bits per heavy atom. The molecule has 4 heteroatoms. The monoisotopic (exact) mass is 323 g/mol. The first-order valence-electron chi connectivity index (χ1n) is 6.08. The minimum atomic E-state index is -0.345. The third-order valence-corrected chi connectivity index (χ3v) is 3.52. The van der Waals surface area contributed by atoms with E-state index in [4.69, 9.17) is 10.5 Å². The van der Waals surface area contributed by atoms with Gasteiger partial charge in [0.25, 0.3) is 0 Å². The average Bonchev–Trinajstić information content (AvgIpc) is 2.43. The van der Waals surface area contributed by atoms with Crippen LogP contribution in [0.5, 0.6) is 11.5 Å². The molecule has 0 saturated carbocycles. The number of ether oxygens (including phenoxy) is 1. The van der Waals surface area contributed by atoms with Gasteiger partial charge in [0.05, 0.1) is 4.47 Å². The normalized spacial score (nSPS) is 12.2. The van der Waals surface area contributed by atoms with Gasteiger partial charge in [0.1, 0.15) is 17.3 Å². The first-order valence-corrected chi connectivity index (χ1v) is 6.88. The lowest BCUT2D eigenvalue weighted by Crippen LogP contribution is -2.07. The summed E-state index contributed by atoms with van der Waals surface area (Å²) in [5.41, 5.74) is 7.00. The van der Waals surface area contributed by atoms with Gasteiger partial charge in [0.15, 0.2) is 0 Å². The highest BCUT2D eigenvalue weighted by molar-refractivity contribution is 9.10. The van der Waals surface area contributed by atoms with Crippen molar-refractivity contribution in [2.45, 2.75) is 19.4 Å². The summed E-state index contributed by atoms with van der Waals surface area (Å²) in [5.74, 6) is 0.782. The van der Waals surface area contributed by atoms with Crippen molar-refractivity contribution in [2.75, 3.05) is 0 Å². The summed E-state index contributed by atoms with van der Waals surface area (Å²) >= 11 is 3.10. The van der Waals surface area contributed by atoms with E-state index in [1.807, 2.05) is 31.2 Å². The number of rotatable bonds is 4. The van der Waals surface area contributed by atoms with Gasteiger partial charge in [-0.2, -0.15) is 0 Å². The molecule has 19 heavy (non-hydrogen) atoms. The molecule has 0 bridgehead atoms. The molecule has 0 aliphatic rings. The fourth-order valence-electron chi connectivity index (χ4n) is 1.70. The molecule has 0 amide bonds. The molecule has 0 heterocycles. The topological polar surface area (TPSA) is 35.2 Å². The van der Waals surface area contributed by atoms with E-state index in [0.717, 1.165) is 12.0 Å². The Hall–Kier alpha value is -1.39. The molecule has 2 aromatic carbocycles. The van der Waals surface area contributed by atoms with Crippen molar-refractivity contribution in [3.05, 3.63) is 58.3 Å². The lowest BCUT2D eigenvalue weighted by atomic mass is 10.1. The minimum absolute atomic E-state index is 0.0409. The molecule has 0 radical (unpaired) electrons. The smallest absolute Gasteiger partial charge is 0.141 e. The van der Waals surface area contributed by atoms with Crippen LogP contribution in [0, 0.1) is 5.82 Å². The number of benzene rings is 2. The molecule has 0 saturated heterocycles. The van der Waals surface area contributed by atoms with Crippen molar-refractivity contribution in [3.8, 4) is 11.5 Å². The molecule has 0 aliphatic carbocycles. The molecular weight excluding hydrogens is 309 g/mol. The second-order valence-electron chi connectivity index (χ2n) is 4.26. The van der Waals surface area contributed by atoms with E-state index in [9.17, 15) is 4.39 Å². The van der Waals surface area contributed by atoms with Crippen molar-refractivity contribution in [3.63, 3.8) is 0 Å². The van der Waals surface area contributed by atoms with E-state index in [0.29, 0.717) is 16.0 Å². The molecule has 0 unspecified atom stereocenters. The van der Waals surface area contributed by atoms with Crippen molar-refractivity contribution >= 4 is 15.9 Å². The van der Waals surface area contributed by atoms with Crippen molar-refractivity contribution in [1.82, 2.24) is 0 Å². The quantitative estimate of drug-likeness (QED) is 0.877.